The van der Waals surface area contributed by atoms with Gasteiger partial charge >= 0.3 is 10.4 Å². The van der Waals surface area contributed by atoms with Crippen molar-refractivity contribution in [1.82, 2.24) is 0 Å². The summed E-state index contributed by atoms with van der Waals surface area (Å²) in [6.45, 7) is 0. The Hall–Kier alpha value is -1.11. The molecule has 0 aliphatic heterocycles. The summed E-state index contributed by atoms with van der Waals surface area (Å²) in [6, 6.07) is 9.47. The van der Waals surface area contributed by atoms with E-state index in [0.717, 1.165) is 24.9 Å². The van der Waals surface area contributed by atoms with Crippen LogP contribution in [0.4, 0.5) is 5.69 Å². The van der Waals surface area contributed by atoms with Crippen molar-refractivity contribution in [2.24, 2.45) is 0 Å². The molecule has 1 aliphatic rings. The van der Waals surface area contributed by atoms with E-state index in [1.807, 2.05) is 30.3 Å². The van der Waals surface area contributed by atoms with Gasteiger partial charge in [-0.1, -0.05) is 31.0 Å². The van der Waals surface area contributed by atoms with Gasteiger partial charge in [-0.2, -0.15) is 8.42 Å². The first-order valence-electron chi connectivity index (χ1n) is 6.02. The minimum atomic E-state index is -4.39. The quantitative estimate of drug-likeness (QED) is 0.821. The second-order valence-electron chi connectivity index (χ2n) is 4.46. The molecule has 1 saturated carbocycles. The number of hydrogen-bond donors (Lipinski definition) is 2. The molecule has 6 heteroatoms. The highest BCUT2D eigenvalue weighted by atomic mass is 32.3. The van der Waals surface area contributed by atoms with Gasteiger partial charge in [-0.15, -0.1) is 0 Å². The highest BCUT2D eigenvalue weighted by Gasteiger charge is 2.29. The molecule has 0 bridgehead atoms. The molecule has 1 aliphatic carbocycles. The fourth-order valence-electron chi connectivity index (χ4n) is 2.28. The van der Waals surface area contributed by atoms with Crippen molar-refractivity contribution < 1.29 is 17.2 Å². The summed E-state index contributed by atoms with van der Waals surface area (Å²) in [5, 5.41) is 3.25. The Bertz CT molecular complexity index is 474. The lowest BCUT2D eigenvalue weighted by Crippen LogP contribution is -2.39. The smallest absolute Gasteiger partial charge is 0.380 e. The number of nitrogens with one attached hydrogen (secondary N) is 1. The van der Waals surface area contributed by atoms with Gasteiger partial charge in [0.05, 0.1) is 12.1 Å². The average molecular weight is 271 g/mol. The maximum Gasteiger partial charge on any atom is 0.397 e. The summed E-state index contributed by atoms with van der Waals surface area (Å²) in [5.74, 6) is 0. The second kappa shape index (κ2) is 5.69. The fourth-order valence-corrected chi connectivity index (χ4v) is 2.82. The highest BCUT2D eigenvalue weighted by molar-refractivity contribution is 7.80. The van der Waals surface area contributed by atoms with Crippen molar-refractivity contribution in [3.63, 3.8) is 0 Å². The van der Waals surface area contributed by atoms with E-state index in [4.69, 9.17) is 8.74 Å². The molecule has 2 atom stereocenters. The first-order valence-corrected chi connectivity index (χ1v) is 7.38. The van der Waals surface area contributed by atoms with Crippen LogP contribution in [0.2, 0.25) is 0 Å². The third-order valence-corrected chi connectivity index (χ3v) is 3.56. The molecule has 100 valence electrons. The van der Waals surface area contributed by atoms with Crippen molar-refractivity contribution in [1.29, 1.82) is 0 Å². The van der Waals surface area contributed by atoms with E-state index in [2.05, 4.69) is 5.32 Å². The Morgan fingerprint density at radius 1 is 1.17 bits per heavy atom. The van der Waals surface area contributed by atoms with Crippen molar-refractivity contribution >= 4 is 16.1 Å². The Kier molecular flexibility index (Phi) is 4.21. The second-order valence-corrected chi connectivity index (χ2v) is 5.51. The van der Waals surface area contributed by atoms with Crippen molar-refractivity contribution in [2.45, 2.75) is 37.8 Å². The third-order valence-electron chi connectivity index (χ3n) is 3.07. The highest BCUT2D eigenvalue weighted by Crippen LogP contribution is 2.25. The maximum atomic E-state index is 10.8. The van der Waals surface area contributed by atoms with Crippen LogP contribution in [0.15, 0.2) is 30.3 Å². The molecule has 5 nitrogen and oxygen atoms in total. The van der Waals surface area contributed by atoms with Crippen LogP contribution in [-0.2, 0) is 14.6 Å². The average Bonchev–Trinajstić information content (AvgIpc) is 2.31. The number of para-hydroxylation sites is 1. The van der Waals surface area contributed by atoms with Crippen LogP contribution >= 0.6 is 0 Å². The Labute approximate surface area is 107 Å². The van der Waals surface area contributed by atoms with Crippen LogP contribution in [0.25, 0.3) is 0 Å². The van der Waals surface area contributed by atoms with Crippen LogP contribution in [0.5, 0.6) is 0 Å². The van der Waals surface area contributed by atoms with Crippen molar-refractivity contribution in [3.8, 4) is 0 Å². The van der Waals surface area contributed by atoms with E-state index in [1.165, 1.54) is 0 Å². The number of benzene rings is 1. The topological polar surface area (TPSA) is 75.6 Å². The van der Waals surface area contributed by atoms with Gasteiger partial charge in [0.1, 0.15) is 0 Å². The molecule has 1 aromatic rings. The lowest BCUT2D eigenvalue weighted by molar-refractivity contribution is 0.129. The predicted molar refractivity (Wildman–Crippen MR) is 68.7 cm³/mol. The van der Waals surface area contributed by atoms with Gasteiger partial charge in [-0.3, -0.25) is 4.55 Å². The zero-order valence-electron chi connectivity index (χ0n) is 9.95. The Morgan fingerprint density at radius 3 is 2.50 bits per heavy atom. The molecule has 0 amide bonds. The summed E-state index contributed by atoms with van der Waals surface area (Å²) in [6.07, 6.45) is 2.89. The van der Waals surface area contributed by atoms with Gasteiger partial charge in [0.25, 0.3) is 0 Å². The molecule has 1 aromatic carbocycles. The Balaban J connectivity index is 2.04. The first-order chi connectivity index (χ1) is 8.54. The summed E-state index contributed by atoms with van der Waals surface area (Å²) in [4.78, 5) is 0. The van der Waals surface area contributed by atoms with Crippen molar-refractivity contribution in [3.05, 3.63) is 30.3 Å². The molecule has 0 unspecified atom stereocenters. The minimum Gasteiger partial charge on any atom is -0.380 e. The van der Waals surface area contributed by atoms with Crippen LogP contribution in [0, 0.1) is 0 Å². The molecule has 1 fully saturated rings. The van der Waals surface area contributed by atoms with Gasteiger partial charge in [0.15, 0.2) is 0 Å². The molecule has 0 spiro atoms. The molecule has 0 radical (unpaired) electrons. The van der Waals surface area contributed by atoms with Crippen molar-refractivity contribution in [2.75, 3.05) is 5.32 Å². The monoisotopic (exact) mass is 271 g/mol. The minimum absolute atomic E-state index is 0.0944. The fraction of sp³-hybridized carbons (Fsp3) is 0.500. The van der Waals surface area contributed by atoms with Crippen LogP contribution < -0.4 is 5.32 Å². The third kappa shape index (κ3) is 3.97. The number of anilines is 1. The van der Waals surface area contributed by atoms with E-state index in [9.17, 15) is 8.42 Å². The lowest BCUT2D eigenvalue weighted by Gasteiger charge is -2.31. The predicted octanol–water partition coefficient (Wildman–Crippen LogP) is 2.23. The molecule has 0 aromatic heterocycles. The molecular formula is C12H17NO4S. The SMILES string of the molecule is O=S(=O)(O)O[C@H]1CCCC[C@H]1Nc1ccccc1. The van der Waals surface area contributed by atoms with E-state index in [1.54, 1.807) is 0 Å². The number of rotatable bonds is 4. The summed E-state index contributed by atoms with van der Waals surface area (Å²) >= 11 is 0. The normalized spacial score (nSPS) is 24.7. The van der Waals surface area contributed by atoms with Crippen LogP contribution in [0.3, 0.4) is 0 Å². The van der Waals surface area contributed by atoms with Gasteiger partial charge in [-0.05, 0) is 25.0 Å². The summed E-state index contributed by atoms with van der Waals surface area (Å²) < 4.78 is 35.1. The first kappa shape index (κ1) is 13.3. The van der Waals surface area contributed by atoms with Gasteiger partial charge in [-0.25, -0.2) is 4.18 Å². The Morgan fingerprint density at radius 2 is 1.83 bits per heavy atom. The van der Waals surface area contributed by atoms with E-state index in [0.29, 0.717) is 6.42 Å². The molecule has 2 N–H and O–H groups in total. The molecular weight excluding hydrogens is 254 g/mol. The standard InChI is InChI=1S/C12H17NO4S/c14-18(15,16)17-12-9-5-4-8-11(12)13-10-6-2-1-3-7-10/h1-3,6-7,11-13H,4-5,8-9H2,(H,14,15,16)/t11-,12+/m1/s1. The zero-order chi connectivity index (χ0) is 13.0. The van der Waals surface area contributed by atoms with Gasteiger partial charge in [0.2, 0.25) is 0 Å². The van der Waals surface area contributed by atoms with E-state index >= 15 is 0 Å². The molecule has 18 heavy (non-hydrogen) atoms. The number of hydrogen-bond acceptors (Lipinski definition) is 4. The summed E-state index contributed by atoms with van der Waals surface area (Å²) in [5.41, 5.74) is 0.924. The molecule has 2 rings (SSSR count). The van der Waals surface area contributed by atoms with Gasteiger partial charge < -0.3 is 5.32 Å². The molecule has 0 saturated heterocycles. The largest absolute Gasteiger partial charge is 0.397 e. The summed E-state index contributed by atoms with van der Waals surface area (Å²) in [7, 11) is -4.39. The van der Waals surface area contributed by atoms with E-state index in [-0.39, 0.29) is 6.04 Å². The lowest BCUT2D eigenvalue weighted by atomic mass is 9.92. The zero-order valence-corrected chi connectivity index (χ0v) is 10.8. The van der Waals surface area contributed by atoms with Crippen LogP contribution in [-0.4, -0.2) is 25.1 Å². The van der Waals surface area contributed by atoms with Crippen LogP contribution in [0.1, 0.15) is 25.7 Å². The van der Waals surface area contributed by atoms with Gasteiger partial charge in [0, 0.05) is 5.69 Å². The maximum absolute atomic E-state index is 10.8. The molecule has 0 heterocycles. The van der Waals surface area contributed by atoms with E-state index < -0.39 is 16.5 Å².